The van der Waals surface area contributed by atoms with Crippen LogP contribution in [0.4, 0.5) is 0 Å². The molecule has 0 saturated carbocycles. The summed E-state index contributed by atoms with van der Waals surface area (Å²) < 4.78 is 0. The first kappa shape index (κ1) is 15.7. The summed E-state index contributed by atoms with van der Waals surface area (Å²) in [7, 11) is 0. The molecular weight excluding hydrogens is 236 g/mol. The molecule has 1 atom stereocenters. The minimum atomic E-state index is 0.0978. The van der Waals surface area contributed by atoms with E-state index in [0.717, 1.165) is 32.2 Å². The molecule has 106 valence electrons. The Bertz CT molecular complexity index is 351. The van der Waals surface area contributed by atoms with Crippen molar-refractivity contribution >= 4 is 5.91 Å². The Kier molecular flexibility index (Phi) is 7.91. The number of carbonyl (C=O) groups is 1. The molecular formula is C16H26N2O. The number of hydrogen-bond acceptors (Lipinski definition) is 2. The lowest BCUT2D eigenvalue weighted by Crippen LogP contribution is -2.39. The smallest absolute Gasteiger partial charge is 0.234 e. The summed E-state index contributed by atoms with van der Waals surface area (Å²) in [5.74, 6) is 0.0978. The van der Waals surface area contributed by atoms with Crippen LogP contribution in [0.3, 0.4) is 0 Å². The molecule has 3 nitrogen and oxygen atoms in total. The first-order valence-electron chi connectivity index (χ1n) is 7.26. The molecule has 0 aromatic heterocycles. The molecule has 2 N–H and O–H groups in total. The molecule has 0 aliphatic carbocycles. The van der Waals surface area contributed by atoms with Gasteiger partial charge in [-0.15, -0.1) is 0 Å². The van der Waals surface area contributed by atoms with Crippen molar-refractivity contribution in [2.45, 2.75) is 45.6 Å². The summed E-state index contributed by atoms with van der Waals surface area (Å²) in [4.78, 5) is 11.6. The Hall–Kier alpha value is -1.35. The second kappa shape index (κ2) is 9.56. The maximum Gasteiger partial charge on any atom is 0.234 e. The van der Waals surface area contributed by atoms with Crippen LogP contribution in [0.5, 0.6) is 0 Å². The summed E-state index contributed by atoms with van der Waals surface area (Å²) in [6, 6.07) is 10.7. The van der Waals surface area contributed by atoms with Crippen LogP contribution in [0, 0.1) is 0 Å². The normalized spacial score (nSPS) is 12.1. The Labute approximate surface area is 116 Å². The van der Waals surface area contributed by atoms with Crippen molar-refractivity contribution in [3.63, 3.8) is 0 Å². The van der Waals surface area contributed by atoms with Gasteiger partial charge in [-0.2, -0.15) is 0 Å². The van der Waals surface area contributed by atoms with Gasteiger partial charge in [-0.1, -0.05) is 43.7 Å². The van der Waals surface area contributed by atoms with E-state index in [4.69, 9.17) is 0 Å². The van der Waals surface area contributed by atoms with Gasteiger partial charge in [-0.05, 0) is 38.3 Å². The van der Waals surface area contributed by atoms with Crippen LogP contribution in [0.2, 0.25) is 0 Å². The van der Waals surface area contributed by atoms with Gasteiger partial charge in [0, 0.05) is 6.04 Å². The lowest BCUT2D eigenvalue weighted by atomic mass is 10.1. The van der Waals surface area contributed by atoms with E-state index < -0.39 is 0 Å². The third-order valence-corrected chi connectivity index (χ3v) is 3.08. The van der Waals surface area contributed by atoms with E-state index in [9.17, 15) is 4.79 Å². The van der Waals surface area contributed by atoms with Crippen LogP contribution < -0.4 is 10.6 Å². The molecule has 0 fully saturated rings. The van der Waals surface area contributed by atoms with Crippen LogP contribution in [0.1, 0.15) is 38.7 Å². The number of hydrogen-bond donors (Lipinski definition) is 2. The molecule has 0 bridgehead atoms. The van der Waals surface area contributed by atoms with E-state index in [2.05, 4.69) is 48.7 Å². The molecule has 0 heterocycles. The van der Waals surface area contributed by atoms with Gasteiger partial charge < -0.3 is 10.6 Å². The number of nitrogens with one attached hydrogen (secondary N) is 2. The van der Waals surface area contributed by atoms with Gasteiger partial charge in [0.2, 0.25) is 5.91 Å². The quantitative estimate of drug-likeness (QED) is 0.671. The first-order chi connectivity index (χ1) is 9.22. The number of benzene rings is 1. The Morgan fingerprint density at radius 1 is 1.26 bits per heavy atom. The molecule has 0 spiro atoms. The second-order valence-electron chi connectivity index (χ2n) is 5.02. The maximum atomic E-state index is 11.6. The third-order valence-electron chi connectivity index (χ3n) is 3.08. The van der Waals surface area contributed by atoms with Crippen LogP contribution >= 0.6 is 0 Å². The summed E-state index contributed by atoms with van der Waals surface area (Å²) >= 11 is 0. The van der Waals surface area contributed by atoms with Crippen molar-refractivity contribution in [1.82, 2.24) is 10.6 Å². The lowest BCUT2D eigenvalue weighted by molar-refractivity contribution is -0.120. The Morgan fingerprint density at radius 3 is 2.68 bits per heavy atom. The largest absolute Gasteiger partial charge is 0.353 e. The van der Waals surface area contributed by atoms with Crippen molar-refractivity contribution in [1.29, 1.82) is 0 Å². The SMILES string of the molecule is CCCC(C)NC(=O)CNCCCc1ccccc1. The lowest BCUT2D eigenvalue weighted by Gasteiger charge is -2.13. The van der Waals surface area contributed by atoms with Crippen molar-refractivity contribution in [2.75, 3.05) is 13.1 Å². The zero-order chi connectivity index (χ0) is 13.9. The van der Waals surface area contributed by atoms with Gasteiger partial charge in [0.1, 0.15) is 0 Å². The average Bonchev–Trinajstić information content (AvgIpc) is 2.39. The minimum absolute atomic E-state index is 0.0978. The monoisotopic (exact) mass is 262 g/mol. The predicted molar refractivity (Wildman–Crippen MR) is 80.1 cm³/mol. The highest BCUT2D eigenvalue weighted by atomic mass is 16.1. The summed E-state index contributed by atoms with van der Waals surface area (Å²) in [5, 5.41) is 6.18. The fourth-order valence-corrected chi connectivity index (χ4v) is 2.10. The molecule has 3 heteroatoms. The van der Waals surface area contributed by atoms with Gasteiger partial charge in [-0.25, -0.2) is 0 Å². The van der Waals surface area contributed by atoms with Crippen molar-refractivity contribution in [2.24, 2.45) is 0 Å². The van der Waals surface area contributed by atoms with E-state index in [1.807, 2.05) is 6.07 Å². The van der Waals surface area contributed by atoms with Crippen molar-refractivity contribution in [3.05, 3.63) is 35.9 Å². The molecule has 0 aliphatic rings. The topological polar surface area (TPSA) is 41.1 Å². The van der Waals surface area contributed by atoms with Gasteiger partial charge in [0.15, 0.2) is 0 Å². The van der Waals surface area contributed by atoms with Crippen molar-refractivity contribution < 1.29 is 4.79 Å². The maximum absolute atomic E-state index is 11.6. The van der Waals surface area contributed by atoms with Crippen LogP contribution in [-0.2, 0) is 11.2 Å². The molecule has 1 rings (SSSR count). The predicted octanol–water partition coefficient (Wildman–Crippen LogP) is 2.51. The van der Waals surface area contributed by atoms with E-state index >= 15 is 0 Å². The van der Waals surface area contributed by atoms with Crippen LogP contribution in [0.15, 0.2) is 30.3 Å². The molecule has 1 unspecified atom stereocenters. The summed E-state index contributed by atoms with van der Waals surface area (Å²) in [6.45, 7) is 5.48. The third kappa shape index (κ3) is 7.62. The molecule has 0 saturated heterocycles. The molecule has 0 radical (unpaired) electrons. The number of rotatable bonds is 9. The highest BCUT2D eigenvalue weighted by Crippen LogP contribution is 2.01. The second-order valence-corrected chi connectivity index (χ2v) is 5.02. The highest BCUT2D eigenvalue weighted by molar-refractivity contribution is 5.78. The molecule has 0 aliphatic heterocycles. The fraction of sp³-hybridized carbons (Fsp3) is 0.562. The Balaban J connectivity index is 2.03. The van der Waals surface area contributed by atoms with Gasteiger partial charge in [0.25, 0.3) is 0 Å². The van der Waals surface area contributed by atoms with E-state index in [1.54, 1.807) is 0 Å². The molecule has 1 aromatic carbocycles. The van der Waals surface area contributed by atoms with E-state index in [1.165, 1.54) is 5.56 Å². The van der Waals surface area contributed by atoms with E-state index in [-0.39, 0.29) is 11.9 Å². The summed E-state index contributed by atoms with van der Waals surface area (Å²) in [5.41, 5.74) is 1.35. The van der Waals surface area contributed by atoms with Gasteiger partial charge in [0.05, 0.1) is 6.54 Å². The zero-order valence-electron chi connectivity index (χ0n) is 12.1. The minimum Gasteiger partial charge on any atom is -0.353 e. The standard InChI is InChI=1S/C16H26N2O/c1-3-8-14(2)18-16(19)13-17-12-7-11-15-9-5-4-6-10-15/h4-6,9-10,14,17H,3,7-8,11-13H2,1-2H3,(H,18,19). The molecule has 1 amide bonds. The van der Waals surface area contributed by atoms with E-state index in [0.29, 0.717) is 6.54 Å². The number of amides is 1. The number of carbonyl (C=O) groups excluding carboxylic acids is 1. The summed E-state index contributed by atoms with van der Waals surface area (Å²) in [6.07, 6.45) is 4.26. The first-order valence-corrected chi connectivity index (χ1v) is 7.26. The van der Waals surface area contributed by atoms with Gasteiger partial charge in [-0.3, -0.25) is 4.79 Å². The highest BCUT2D eigenvalue weighted by Gasteiger charge is 2.05. The zero-order valence-corrected chi connectivity index (χ0v) is 12.1. The van der Waals surface area contributed by atoms with Crippen LogP contribution in [0.25, 0.3) is 0 Å². The van der Waals surface area contributed by atoms with Gasteiger partial charge >= 0.3 is 0 Å². The molecule has 19 heavy (non-hydrogen) atoms. The Morgan fingerprint density at radius 2 is 2.00 bits per heavy atom. The fourth-order valence-electron chi connectivity index (χ4n) is 2.10. The van der Waals surface area contributed by atoms with Crippen LogP contribution in [-0.4, -0.2) is 25.0 Å². The average molecular weight is 262 g/mol. The van der Waals surface area contributed by atoms with Crippen molar-refractivity contribution in [3.8, 4) is 0 Å². The molecule has 1 aromatic rings. The number of aryl methyl sites for hydroxylation is 1.